The number of nitrogens with zero attached hydrogens (tertiary/aromatic N) is 1. The minimum atomic E-state index is 0.160. The number of carbonyl (C=O) groups is 1. The summed E-state index contributed by atoms with van der Waals surface area (Å²) in [5.41, 5.74) is 3.25. The molecular weight excluding hydrogens is 454 g/mol. The third kappa shape index (κ3) is 26.3. The molecule has 218 valence electrons. The van der Waals surface area contributed by atoms with E-state index in [2.05, 4.69) is 60.8 Å². The van der Waals surface area contributed by atoms with Gasteiger partial charge in [-0.3, -0.25) is 10.2 Å². The lowest BCUT2D eigenvalue weighted by Crippen LogP contribution is -2.45. The van der Waals surface area contributed by atoms with Crippen molar-refractivity contribution in [1.29, 1.82) is 0 Å². The number of hydrogen-bond donors (Lipinski definition) is 2. The molecule has 0 aliphatic heterocycles. The minimum Gasteiger partial charge on any atom is -0.316 e. The highest BCUT2D eigenvalue weighted by atomic mass is 16.2. The third-order valence-corrected chi connectivity index (χ3v) is 7.16. The summed E-state index contributed by atoms with van der Waals surface area (Å²) >= 11 is 0. The minimum absolute atomic E-state index is 0.160. The van der Waals surface area contributed by atoms with Crippen molar-refractivity contribution in [3.05, 3.63) is 24.3 Å². The predicted molar refractivity (Wildman–Crippen MR) is 165 cm³/mol. The molecule has 0 heterocycles. The Hall–Kier alpha value is -1.13. The maximum atomic E-state index is 12.9. The maximum absolute atomic E-state index is 12.9. The summed E-state index contributed by atoms with van der Waals surface area (Å²) in [6, 6.07) is 0.273. The van der Waals surface area contributed by atoms with Gasteiger partial charge >= 0.3 is 0 Å². The van der Waals surface area contributed by atoms with E-state index in [0.717, 1.165) is 45.2 Å². The lowest BCUT2D eigenvalue weighted by atomic mass is 10.0. The summed E-state index contributed by atoms with van der Waals surface area (Å²) in [7, 11) is 2.00. The van der Waals surface area contributed by atoms with Gasteiger partial charge in [0, 0.05) is 25.6 Å². The summed E-state index contributed by atoms with van der Waals surface area (Å²) in [6.07, 6.45) is 34.8. The molecular formula is C33H65N3O. The van der Waals surface area contributed by atoms with Crippen molar-refractivity contribution in [2.75, 3.05) is 20.1 Å². The summed E-state index contributed by atoms with van der Waals surface area (Å²) < 4.78 is 0. The smallest absolute Gasteiger partial charge is 0.235 e. The van der Waals surface area contributed by atoms with Gasteiger partial charge in [0.25, 0.3) is 0 Å². The predicted octanol–water partition coefficient (Wildman–Crippen LogP) is 9.27. The highest BCUT2D eigenvalue weighted by Gasteiger charge is 2.14. The third-order valence-electron chi connectivity index (χ3n) is 7.16. The Morgan fingerprint density at radius 3 is 1.54 bits per heavy atom. The van der Waals surface area contributed by atoms with E-state index in [1.54, 1.807) is 0 Å². The monoisotopic (exact) mass is 520 g/mol. The Morgan fingerprint density at radius 2 is 1.05 bits per heavy atom. The van der Waals surface area contributed by atoms with Crippen LogP contribution in [0.25, 0.3) is 0 Å². The quantitative estimate of drug-likeness (QED) is 0.0615. The molecule has 0 fully saturated rings. The Labute approximate surface area is 232 Å². The summed E-state index contributed by atoms with van der Waals surface area (Å²) in [4.78, 5) is 12.9. The zero-order chi connectivity index (χ0) is 27.2. The van der Waals surface area contributed by atoms with Crippen molar-refractivity contribution in [3.63, 3.8) is 0 Å². The summed E-state index contributed by atoms with van der Waals surface area (Å²) in [5, 5.41) is 5.56. The van der Waals surface area contributed by atoms with E-state index in [1.165, 1.54) is 96.3 Å². The first-order valence-corrected chi connectivity index (χ1v) is 16.2. The number of unbranched alkanes of at least 4 members (excludes halogenated alkanes) is 14. The molecule has 0 spiro atoms. The van der Waals surface area contributed by atoms with Crippen molar-refractivity contribution in [2.24, 2.45) is 0 Å². The fraction of sp³-hybridized carbons (Fsp3) is 0.848. The van der Waals surface area contributed by atoms with Gasteiger partial charge in [-0.2, -0.15) is 0 Å². The van der Waals surface area contributed by atoms with Gasteiger partial charge in [0.15, 0.2) is 0 Å². The van der Waals surface area contributed by atoms with Gasteiger partial charge in [-0.1, -0.05) is 116 Å². The molecule has 1 unspecified atom stereocenters. The average molecular weight is 520 g/mol. The van der Waals surface area contributed by atoms with Gasteiger partial charge in [0.05, 0.1) is 0 Å². The fourth-order valence-corrected chi connectivity index (χ4v) is 4.66. The van der Waals surface area contributed by atoms with Crippen molar-refractivity contribution >= 4 is 5.91 Å². The molecule has 2 N–H and O–H groups in total. The van der Waals surface area contributed by atoms with Crippen LogP contribution in [0.3, 0.4) is 0 Å². The van der Waals surface area contributed by atoms with Gasteiger partial charge in [-0.05, 0) is 64.8 Å². The number of rotatable bonds is 28. The SMILES string of the molecule is CCCCC/C=C\CCCN(CCC/C=C\CCCCC)NC(=O)CC(CCCCCCCCC)NC. The van der Waals surface area contributed by atoms with Crippen LogP contribution in [0, 0.1) is 0 Å². The molecule has 0 aliphatic carbocycles. The molecule has 0 aliphatic rings. The molecule has 0 aromatic heterocycles. The van der Waals surface area contributed by atoms with Crippen molar-refractivity contribution in [1.82, 2.24) is 15.8 Å². The topological polar surface area (TPSA) is 44.4 Å². The van der Waals surface area contributed by atoms with E-state index in [0.29, 0.717) is 6.42 Å². The number of hydrazine groups is 1. The van der Waals surface area contributed by atoms with Crippen LogP contribution in [0.5, 0.6) is 0 Å². The highest BCUT2D eigenvalue weighted by Crippen LogP contribution is 2.11. The van der Waals surface area contributed by atoms with Gasteiger partial charge in [0.2, 0.25) is 5.91 Å². The number of carbonyl (C=O) groups excluding carboxylic acids is 1. The molecule has 37 heavy (non-hydrogen) atoms. The standard InChI is InChI=1S/C33H65N3O/c1-5-8-11-14-17-20-23-26-29-36(30-27-24-21-18-15-12-9-6-2)35-33(37)31-32(34-4)28-25-22-19-16-13-10-7-3/h17-18,20-21,32,34H,5-16,19,22-31H2,1-4H3,(H,35,37)/b20-17-,21-18-. The molecule has 0 rings (SSSR count). The second kappa shape index (κ2) is 29.4. The molecule has 0 saturated carbocycles. The lowest BCUT2D eigenvalue weighted by molar-refractivity contribution is -0.126. The summed E-state index contributed by atoms with van der Waals surface area (Å²) in [5.74, 6) is 0.160. The first-order valence-electron chi connectivity index (χ1n) is 16.2. The molecule has 1 amide bonds. The first kappa shape index (κ1) is 35.9. The number of nitrogens with one attached hydrogen (secondary N) is 2. The number of amides is 1. The van der Waals surface area contributed by atoms with Crippen LogP contribution < -0.4 is 10.7 Å². The number of hydrogen-bond acceptors (Lipinski definition) is 3. The van der Waals surface area contributed by atoms with Crippen LogP contribution in [0.1, 0.15) is 156 Å². The Kier molecular flexibility index (Phi) is 28.5. The van der Waals surface area contributed by atoms with Gasteiger partial charge < -0.3 is 5.32 Å². The van der Waals surface area contributed by atoms with E-state index in [-0.39, 0.29) is 11.9 Å². The second-order valence-electron chi connectivity index (χ2n) is 10.8. The van der Waals surface area contributed by atoms with E-state index >= 15 is 0 Å². The molecule has 4 nitrogen and oxygen atoms in total. The summed E-state index contributed by atoms with van der Waals surface area (Å²) in [6.45, 7) is 8.62. The molecule has 0 saturated heterocycles. The van der Waals surface area contributed by atoms with Crippen LogP contribution >= 0.6 is 0 Å². The van der Waals surface area contributed by atoms with Crippen LogP contribution in [0.2, 0.25) is 0 Å². The molecule has 0 aromatic rings. The highest BCUT2D eigenvalue weighted by molar-refractivity contribution is 5.76. The molecule has 4 heteroatoms. The van der Waals surface area contributed by atoms with Crippen molar-refractivity contribution < 1.29 is 4.79 Å². The largest absolute Gasteiger partial charge is 0.316 e. The van der Waals surface area contributed by atoms with Gasteiger partial charge in [-0.25, -0.2) is 5.01 Å². The van der Waals surface area contributed by atoms with E-state index in [1.807, 2.05) is 7.05 Å². The van der Waals surface area contributed by atoms with Gasteiger partial charge in [0.1, 0.15) is 0 Å². The molecule has 0 aromatic carbocycles. The van der Waals surface area contributed by atoms with Gasteiger partial charge in [-0.15, -0.1) is 0 Å². The lowest BCUT2D eigenvalue weighted by Gasteiger charge is -2.24. The van der Waals surface area contributed by atoms with Crippen molar-refractivity contribution in [2.45, 2.75) is 162 Å². The molecule has 0 radical (unpaired) electrons. The van der Waals surface area contributed by atoms with Crippen LogP contribution in [-0.2, 0) is 4.79 Å². The van der Waals surface area contributed by atoms with Crippen LogP contribution in [0.4, 0.5) is 0 Å². The van der Waals surface area contributed by atoms with E-state index in [9.17, 15) is 4.79 Å². The molecule has 0 bridgehead atoms. The van der Waals surface area contributed by atoms with Crippen LogP contribution in [0.15, 0.2) is 24.3 Å². The average Bonchev–Trinajstić information content (AvgIpc) is 2.90. The van der Waals surface area contributed by atoms with E-state index < -0.39 is 0 Å². The normalized spacial score (nSPS) is 12.8. The van der Waals surface area contributed by atoms with E-state index in [4.69, 9.17) is 0 Å². The zero-order valence-corrected chi connectivity index (χ0v) is 25.5. The Morgan fingerprint density at radius 1 is 0.622 bits per heavy atom. The van der Waals surface area contributed by atoms with Crippen LogP contribution in [-0.4, -0.2) is 37.1 Å². The zero-order valence-electron chi connectivity index (χ0n) is 25.5. The Balaban J connectivity index is 4.42. The number of allylic oxidation sites excluding steroid dienone is 4. The molecule has 1 atom stereocenters. The fourth-order valence-electron chi connectivity index (χ4n) is 4.66. The van der Waals surface area contributed by atoms with Crippen molar-refractivity contribution in [3.8, 4) is 0 Å². The first-order chi connectivity index (χ1) is 18.2. The Bertz CT molecular complexity index is 506. The second-order valence-corrected chi connectivity index (χ2v) is 10.8. The maximum Gasteiger partial charge on any atom is 0.235 e.